The Balaban J connectivity index is 0.00000585. The third-order valence-electron chi connectivity index (χ3n) is 10.7. The summed E-state index contributed by atoms with van der Waals surface area (Å²) in [5, 5.41) is 25.9. The quantitative estimate of drug-likeness (QED) is 0.131. The van der Waals surface area contributed by atoms with Gasteiger partial charge in [0, 0.05) is 13.1 Å². The molecule has 0 bridgehead atoms. The minimum atomic E-state index is -1.93. The predicted octanol–water partition coefficient (Wildman–Crippen LogP) is 3.83. The number of aliphatic hydroxyl groups is 1. The minimum Gasteiger partial charge on any atom is -0.548 e. The molecule has 1 aliphatic rings. The maximum Gasteiger partial charge on any atom is 1.00 e. The number of ether oxygens (including phenoxy) is 3. The van der Waals surface area contributed by atoms with E-state index < -0.39 is 41.8 Å². The van der Waals surface area contributed by atoms with Crippen LogP contribution >= 0.6 is 0 Å². The molecule has 1 heterocycles. The van der Waals surface area contributed by atoms with Crippen LogP contribution in [0.2, 0.25) is 0 Å². The van der Waals surface area contributed by atoms with Gasteiger partial charge in [0.2, 0.25) is 0 Å². The van der Waals surface area contributed by atoms with Gasteiger partial charge in [0.25, 0.3) is 0 Å². The maximum absolute atomic E-state index is 14.5. The number of carbonyl (C=O) groups is 3. The number of carbonyl (C=O) groups excluding carboxylic acids is 3. The topological polar surface area (TPSA) is 129 Å². The van der Waals surface area contributed by atoms with E-state index in [0.29, 0.717) is 22.3 Å². The second kappa shape index (κ2) is 18.5. The molecule has 10 nitrogen and oxygen atoms in total. The molecular weight excluding hydrogens is 739 g/mol. The standard InChI is InChI=1S/C48H44N2O8.Li/c1-32(58-46(53)44-43(45(51)52)49(30-33-10-6-4-7-11-33)47(54)50(44)31-34-12-8-5-9-13-34)48(55,39-22-14-35(15-23-39)37-18-26-41(56-2)27-19-37)40-24-16-36(17-25-40)38-20-28-42(57-3)29-21-38;/h4-29,32,43-44,55H,30-31H2,1-3H3,(H,51,52);/q;+1/p-1/t32-,43-,44+;/m0./s1. The van der Waals surface area contributed by atoms with Crippen molar-refractivity contribution >= 4 is 18.0 Å². The van der Waals surface area contributed by atoms with Crippen LogP contribution in [0.15, 0.2) is 158 Å². The van der Waals surface area contributed by atoms with Crippen LogP contribution in [0, 0.1) is 0 Å². The molecule has 7 rings (SSSR count). The van der Waals surface area contributed by atoms with E-state index in [1.54, 1.807) is 93.9 Å². The minimum absolute atomic E-state index is 0. The van der Waals surface area contributed by atoms with Gasteiger partial charge in [-0.15, -0.1) is 0 Å². The Bertz CT molecular complexity index is 2250. The van der Waals surface area contributed by atoms with Crippen LogP contribution < -0.4 is 33.4 Å². The molecule has 0 spiro atoms. The van der Waals surface area contributed by atoms with Crippen LogP contribution in [0.3, 0.4) is 0 Å². The summed E-state index contributed by atoms with van der Waals surface area (Å²) in [7, 11) is 3.21. The molecule has 294 valence electrons. The van der Waals surface area contributed by atoms with E-state index in [2.05, 4.69) is 0 Å². The Hall–Kier alpha value is -6.31. The zero-order valence-corrected chi connectivity index (χ0v) is 33.4. The van der Waals surface area contributed by atoms with E-state index in [0.717, 1.165) is 38.7 Å². The largest absolute Gasteiger partial charge is 1.00 e. The number of hydrogen-bond donors (Lipinski definition) is 1. The molecule has 0 aromatic heterocycles. The molecule has 0 radical (unpaired) electrons. The van der Waals surface area contributed by atoms with Crippen LogP contribution in [0.5, 0.6) is 11.5 Å². The van der Waals surface area contributed by atoms with Crippen LogP contribution in [0.25, 0.3) is 22.3 Å². The summed E-state index contributed by atoms with van der Waals surface area (Å²) in [6, 6.07) is 43.7. The average Bonchev–Trinajstić information content (AvgIpc) is 3.54. The van der Waals surface area contributed by atoms with Gasteiger partial charge in [-0.2, -0.15) is 0 Å². The van der Waals surface area contributed by atoms with Crippen molar-refractivity contribution in [2.45, 2.75) is 43.8 Å². The molecule has 0 unspecified atom stereocenters. The summed E-state index contributed by atoms with van der Waals surface area (Å²) in [6.07, 6.45) is -1.28. The molecule has 6 aromatic rings. The molecular formula is C48H43LiN2O8. The van der Waals surface area contributed by atoms with Crippen molar-refractivity contribution in [3.05, 3.63) is 180 Å². The number of rotatable bonds is 14. The summed E-state index contributed by atoms with van der Waals surface area (Å²) in [5.74, 6) is -1.16. The number of carboxylic acids is 1. The summed E-state index contributed by atoms with van der Waals surface area (Å²) in [5.41, 5.74) is 3.89. The van der Waals surface area contributed by atoms with E-state index in [9.17, 15) is 24.6 Å². The Morgan fingerprint density at radius 2 is 0.966 bits per heavy atom. The second-order valence-corrected chi connectivity index (χ2v) is 14.2. The van der Waals surface area contributed by atoms with Gasteiger partial charge in [-0.05, 0) is 75.7 Å². The first-order valence-corrected chi connectivity index (χ1v) is 18.9. The first-order chi connectivity index (χ1) is 28.1. The maximum atomic E-state index is 14.5. The summed E-state index contributed by atoms with van der Waals surface area (Å²) < 4.78 is 16.8. The molecule has 1 aliphatic heterocycles. The van der Waals surface area contributed by atoms with Gasteiger partial charge in [0.1, 0.15) is 23.6 Å². The number of aliphatic carboxylic acids is 1. The number of benzene rings is 6. The van der Waals surface area contributed by atoms with Crippen molar-refractivity contribution in [3.63, 3.8) is 0 Å². The molecule has 6 aromatic carbocycles. The van der Waals surface area contributed by atoms with E-state index in [-0.39, 0.29) is 32.0 Å². The number of hydrogen-bond acceptors (Lipinski definition) is 8. The van der Waals surface area contributed by atoms with E-state index in [1.807, 2.05) is 84.9 Å². The molecule has 0 aliphatic carbocycles. The van der Waals surface area contributed by atoms with Crippen molar-refractivity contribution in [1.82, 2.24) is 9.80 Å². The van der Waals surface area contributed by atoms with Crippen LogP contribution in [0.1, 0.15) is 29.2 Å². The average molecular weight is 783 g/mol. The number of amides is 2. The van der Waals surface area contributed by atoms with Gasteiger partial charge < -0.3 is 39.0 Å². The van der Waals surface area contributed by atoms with Crippen molar-refractivity contribution in [2.24, 2.45) is 0 Å². The van der Waals surface area contributed by atoms with E-state index in [4.69, 9.17) is 14.2 Å². The molecule has 0 saturated carbocycles. The zero-order chi connectivity index (χ0) is 40.8. The number of nitrogens with zero attached hydrogens (tertiary/aromatic N) is 2. The van der Waals surface area contributed by atoms with Gasteiger partial charge in [0.15, 0.2) is 11.6 Å². The predicted molar refractivity (Wildman–Crippen MR) is 217 cm³/mol. The number of carboxylic acid groups (broad SMARTS) is 1. The Labute approximate surface area is 355 Å². The summed E-state index contributed by atoms with van der Waals surface area (Å²) >= 11 is 0. The first-order valence-electron chi connectivity index (χ1n) is 18.9. The molecule has 11 heteroatoms. The summed E-state index contributed by atoms with van der Waals surface area (Å²) in [4.78, 5) is 44.0. The SMILES string of the molecule is COc1ccc(-c2ccc(C(O)(c3ccc(-c4ccc(OC)cc4)cc3)[C@H](C)OC(=O)[C@H]3[C@@H](C(=O)[O-])N(Cc4ccccc4)C(=O)N3Cc3ccccc3)cc2)cc1.[Li+]. The number of urea groups is 1. The molecule has 2 amide bonds. The second-order valence-electron chi connectivity index (χ2n) is 14.2. The van der Waals surface area contributed by atoms with Crippen molar-refractivity contribution in [1.29, 1.82) is 0 Å². The van der Waals surface area contributed by atoms with Crippen LogP contribution in [-0.2, 0) is 33.0 Å². The van der Waals surface area contributed by atoms with Crippen LogP contribution in [0.4, 0.5) is 4.79 Å². The van der Waals surface area contributed by atoms with Crippen molar-refractivity contribution in [2.75, 3.05) is 14.2 Å². The first kappa shape index (κ1) is 42.3. The fraction of sp³-hybridized carbons (Fsp3) is 0.188. The van der Waals surface area contributed by atoms with Crippen LogP contribution in [-0.4, -0.2) is 65.3 Å². The fourth-order valence-corrected chi connectivity index (χ4v) is 7.51. The Kier molecular flexibility index (Phi) is 13.3. The van der Waals surface area contributed by atoms with Gasteiger partial charge in [-0.25, -0.2) is 9.59 Å². The smallest absolute Gasteiger partial charge is 0.548 e. The van der Waals surface area contributed by atoms with Crippen molar-refractivity contribution in [3.8, 4) is 33.8 Å². The molecule has 59 heavy (non-hydrogen) atoms. The zero-order valence-electron chi connectivity index (χ0n) is 33.4. The normalized spacial score (nSPS) is 15.6. The van der Waals surface area contributed by atoms with Gasteiger partial charge >= 0.3 is 30.9 Å². The Morgan fingerprint density at radius 3 is 1.32 bits per heavy atom. The van der Waals surface area contributed by atoms with Gasteiger partial charge in [-0.1, -0.05) is 133 Å². The monoisotopic (exact) mass is 782 g/mol. The molecule has 1 N–H and O–H groups in total. The van der Waals surface area contributed by atoms with Gasteiger partial charge in [0.05, 0.1) is 20.2 Å². The molecule has 3 atom stereocenters. The fourth-order valence-electron chi connectivity index (χ4n) is 7.51. The summed E-state index contributed by atoms with van der Waals surface area (Å²) in [6.45, 7) is 1.42. The van der Waals surface area contributed by atoms with Gasteiger partial charge in [-0.3, -0.25) is 0 Å². The number of methoxy groups -OCH3 is 2. The molecule has 1 fully saturated rings. The molecule has 1 saturated heterocycles. The third kappa shape index (κ3) is 8.91. The van der Waals surface area contributed by atoms with E-state index >= 15 is 0 Å². The third-order valence-corrected chi connectivity index (χ3v) is 10.7. The number of esters is 1. The van der Waals surface area contributed by atoms with Crippen molar-refractivity contribution < 1.29 is 57.7 Å². The Morgan fingerprint density at radius 1 is 0.610 bits per heavy atom. The van der Waals surface area contributed by atoms with E-state index in [1.165, 1.54) is 4.90 Å².